The number of fused-ring (bicyclic) bond motifs is 2. The molecule has 1 aliphatic heterocycles. The Kier molecular flexibility index (Phi) is 5.63. The van der Waals surface area contributed by atoms with E-state index in [1.165, 1.54) is 0 Å². The molecule has 7 bridgehead atoms. The van der Waals surface area contributed by atoms with Gasteiger partial charge in [-0.2, -0.15) is 0 Å². The fraction of sp³-hybridized carbons (Fsp3) is 0.767. The Labute approximate surface area is 229 Å². The molecule has 1 spiro atoms. The summed E-state index contributed by atoms with van der Waals surface area (Å²) in [6.07, 6.45) is 2.17. The molecule has 214 valence electrons. The van der Waals surface area contributed by atoms with E-state index in [0.29, 0.717) is 49.9 Å². The third-order valence-electron chi connectivity index (χ3n) is 12.4. The van der Waals surface area contributed by atoms with Gasteiger partial charge < -0.3 is 34.9 Å². The van der Waals surface area contributed by atoms with E-state index in [1.54, 1.807) is 39.5 Å². The van der Waals surface area contributed by atoms with Gasteiger partial charge in [-0.05, 0) is 44.4 Å². The highest BCUT2D eigenvalue weighted by atomic mass is 16.6. The molecule has 39 heavy (non-hydrogen) atoms. The highest BCUT2D eigenvalue weighted by Gasteiger charge is 2.89. The van der Waals surface area contributed by atoms with Crippen molar-refractivity contribution in [3.63, 3.8) is 0 Å². The van der Waals surface area contributed by atoms with E-state index in [-0.39, 0.29) is 41.9 Å². The summed E-state index contributed by atoms with van der Waals surface area (Å²) in [5.41, 5.74) is 2.84. The second kappa shape index (κ2) is 8.39. The van der Waals surface area contributed by atoms with Crippen molar-refractivity contribution in [3.8, 4) is 0 Å². The van der Waals surface area contributed by atoms with Gasteiger partial charge in [-0.3, -0.25) is 4.90 Å². The number of aliphatic hydroxyl groups is 2. The van der Waals surface area contributed by atoms with Crippen molar-refractivity contribution in [2.45, 2.75) is 80.2 Å². The Morgan fingerprint density at radius 1 is 1.10 bits per heavy atom. The van der Waals surface area contributed by atoms with E-state index in [9.17, 15) is 15.0 Å². The molecular weight excluding hydrogens is 500 g/mol. The predicted octanol–water partition coefficient (Wildman–Crippen LogP) is 1.85. The highest BCUT2D eigenvalue weighted by molar-refractivity contribution is 5.95. The van der Waals surface area contributed by atoms with Crippen molar-refractivity contribution < 1.29 is 34.0 Å². The first-order chi connectivity index (χ1) is 18.7. The van der Waals surface area contributed by atoms with E-state index >= 15 is 0 Å². The molecular formula is C30H42N2O7. The fourth-order valence-electron chi connectivity index (χ4n) is 11.3. The third-order valence-corrected chi connectivity index (χ3v) is 12.4. The van der Waals surface area contributed by atoms with Crippen LogP contribution in [0.4, 0.5) is 5.69 Å². The zero-order valence-electron chi connectivity index (χ0n) is 23.3. The molecule has 1 heterocycles. The summed E-state index contributed by atoms with van der Waals surface area (Å²) in [6.45, 7) is 3.47. The zero-order valence-corrected chi connectivity index (χ0v) is 23.3. The number of carbonyl (C=O) groups is 1. The number of nitrogens with zero attached hydrogens (tertiary/aromatic N) is 1. The van der Waals surface area contributed by atoms with Crippen molar-refractivity contribution in [3.05, 3.63) is 29.8 Å². The molecule has 1 aromatic carbocycles. The Morgan fingerprint density at radius 2 is 1.87 bits per heavy atom. The number of hydrogen-bond donors (Lipinski definition) is 3. The van der Waals surface area contributed by atoms with E-state index in [2.05, 4.69) is 11.8 Å². The molecule has 4 N–H and O–H groups in total. The maximum Gasteiger partial charge on any atom is 0.340 e. The van der Waals surface area contributed by atoms with Crippen LogP contribution in [0.1, 0.15) is 49.4 Å². The number of methoxy groups -OCH3 is 3. The summed E-state index contributed by atoms with van der Waals surface area (Å²) in [6, 6.07) is 7.04. The summed E-state index contributed by atoms with van der Waals surface area (Å²) < 4.78 is 24.9. The second-order valence-electron chi connectivity index (χ2n) is 13.0. The molecule has 12 atom stereocenters. The van der Waals surface area contributed by atoms with Crippen LogP contribution in [0.3, 0.4) is 0 Å². The fourth-order valence-corrected chi connectivity index (χ4v) is 11.3. The van der Waals surface area contributed by atoms with Crippen LogP contribution in [0.15, 0.2) is 24.3 Å². The first-order valence-electron chi connectivity index (χ1n) is 14.5. The number of piperidine rings is 1. The van der Waals surface area contributed by atoms with Crippen molar-refractivity contribution in [1.82, 2.24) is 4.90 Å². The molecule has 7 rings (SSSR count). The average Bonchev–Trinajstić information content (AvgIpc) is 3.35. The molecule has 3 unspecified atom stereocenters. The van der Waals surface area contributed by atoms with Crippen molar-refractivity contribution in [2.24, 2.45) is 29.1 Å². The standard InChI is InChI=1S/C30H42N2O7/c1-5-32-15-27(39-26(33)16-8-6-7-9-19(16)31)11-10-23(37-3)29-21(27)13-18(24(29)32)28(34)14-20(36-2)17-12-22(29)30(28,35)25(17)38-4/h6-9,17-18,20-25,34-35H,5,10-15,31H2,1-4H3/t17-,18?,20+,21?,22?,23+,24-,25+,27-,28+,29+,30+/m1/s1. The van der Waals surface area contributed by atoms with Crippen LogP contribution in [0.25, 0.3) is 0 Å². The number of benzene rings is 1. The highest BCUT2D eigenvalue weighted by Crippen LogP contribution is 2.79. The lowest BCUT2D eigenvalue weighted by atomic mass is 9.44. The normalized spacial score (nSPS) is 51.1. The number of hydrogen-bond acceptors (Lipinski definition) is 9. The maximum atomic E-state index is 13.7. The van der Waals surface area contributed by atoms with Gasteiger partial charge in [0, 0.05) is 75.1 Å². The van der Waals surface area contributed by atoms with Crippen LogP contribution >= 0.6 is 0 Å². The van der Waals surface area contributed by atoms with Crippen LogP contribution in [0.5, 0.6) is 0 Å². The predicted molar refractivity (Wildman–Crippen MR) is 142 cm³/mol. The monoisotopic (exact) mass is 542 g/mol. The van der Waals surface area contributed by atoms with Gasteiger partial charge in [0.2, 0.25) is 0 Å². The lowest BCUT2D eigenvalue weighted by Crippen LogP contribution is -2.83. The molecule has 9 heteroatoms. The number of para-hydroxylation sites is 1. The molecule has 1 saturated heterocycles. The van der Waals surface area contributed by atoms with Gasteiger partial charge in [0.05, 0.1) is 23.9 Å². The van der Waals surface area contributed by atoms with Gasteiger partial charge in [0.25, 0.3) is 0 Å². The number of nitrogen functional groups attached to an aromatic ring is 1. The number of ether oxygens (including phenoxy) is 4. The van der Waals surface area contributed by atoms with Crippen molar-refractivity contribution >= 4 is 11.7 Å². The molecule has 0 amide bonds. The van der Waals surface area contributed by atoms with E-state index in [0.717, 1.165) is 6.54 Å². The van der Waals surface area contributed by atoms with E-state index in [4.69, 9.17) is 24.7 Å². The molecule has 9 nitrogen and oxygen atoms in total. The number of likely N-dealkylation sites (tertiary alicyclic amines) is 1. The van der Waals surface area contributed by atoms with Crippen molar-refractivity contribution in [2.75, 3.05) is 40.2 Å². The van der Waals surface area contributed by atoms with Crippen LogP contribution in [-0.2, 0) is 18.9 Å². The molecule has 0 radical (unpaired) electrons. The van der Waals surface area contributed by atoms with Gasteiger partial charge in [-0.25, -0.2) is 4.79 Å². The Bertz CT molecular complexity index is 1180. The largest absolute Gasteiger partial charge is 0.454 e. The molecule has 5 aliphatic carbocycles. The van der Waals surface area contributed by atoms with Crippen LogP contribution < -0.4 is 5.73 Å². The Morgan fingerprint density at radius 3 is 2.54 bits per heavy atom. The minimum Gasteiger partial charge on any atom is -0.454 e. The smallest absolute Gasteiger partial charge is 0.340 e. The minimum absolute atomic E-state index is 0.00601. The topological polar surface area (TPSA) is 124 Å². The molecule has 1 aromatic rings. The summed E-state index contributed by atoms with van der Waals surface area (Å²) in [5, 5.41) is 25.6. The van der Waals surface area contributed by atoms with Crippen LogP contribution in [-0.4, -0.2) is 96.7 Å². The van der Waals surface area contributed by atoms with E-state index < -0.39 is 34.3 Å². The lowest BCUT2D eigenvalue weighted by molar-refractivity contribution is -0.337. The van der Waals surface area contributed by atoms with Gasteiger partial charge in [-0.1, -0.05) is 19.1 Å². The minimum atomic E-state index is -1.44. The van der Waals surface area contributed by atoms with Crippen LogP contribution in [0, 0.1) is 29.1 Å². The van der Waals surface area contributed by atoms with Gasteiger partial charge in [0.15, 0.2) is 0 Å². The molecule has 6 aliphatic rings. The first kappa shape index (κ1) is 26.2. The summed E-state index contributed by atoms with van der Waals surface area (Å²) >= 11 is 0. The SMILES string of the molecule is CCN1C[C@]2(OC(=O)c3ccccc3N)CC[C@H](OC)[C@@]34C2CC([C@@H]13)[C@@]1(O)C[C@H](OC)[C@H]2CC4[C@]1(O)[C@H]2OC. The lowest BCUT2D eigenvalue weighted by Gasteiger charge is -2.70. The molecule has 5 saturated carbocycles. The summed E-state index contributed by atoms with van der Waals surface area (Å²) in [5.74, 6) is -1.06. The number of likely N-dealkylation sites (N-methyl/N-ethyl adjacent to an activating group) is 1. The maximum absolute atomic E-state index is 13.7. The summed E-state index contributed by atoms with van der Waals surface area (Å²) in [7, 11) is 5.09. The van der Waals surface area contributed by atoms with E-state index in [1.807, 2.05) is 6.07 Å². The van der Waals surface area contributed by atoms with Crippen LogP contribution in [0.2, 0.25) is 0 Å². The average molecular weight is 543 g/mol. The molecule has 0 aromatic heterocycles. The Hall–Kier alpha value is -1.75. The number of nitrogens with two attached hydrogens (primary N) is 1. The molecule has 6 fully saturated rings. The summed E-state index contributed by atoms with van der Waals surface area (Å²) in [4.78, 5) is 16.1. The number of rotatable bonds is 6. The zero-order chi connectivity index (χ0) is 27.5. The quantitative estimate of drug-likeness (QED) is 0.365. The van der Waals surface area contributed by atoms with Gasteiger partial charge in [-0.15, -0.1) is 0 Å². The van der Waals surface area contributed by atoms with Gasteiger partial charge >= 0.3 is 5.97 Å². The number of anilines is 1. The Balaban J connectivity index is 1.42. The second-order valence-corrected chi connectivity index (χ2v) is 13.0. The van der Waals surface area contributed by atoms with Gasteiger partial charge in [0.1, 0.15) is 16.8 Å². The number of carbonyl (C=O) groups excluding carboxylic acids is 1. The third kappa shape index (κ3) is 2.80. The first-order valence-corrected chi connectivity index (χ1v) is 14.5. The number of esters is 1. The van der Waals surface area contributed by atoms with Crippen molar-refractivity contribution in [1.29, 1.82) is 0 Å².